The quantitative estimate of drug-likeness (QED) is 0.410. The Morgan fingerprint density at radius 2 is 1.48 bits per heavy atom. The summed E-state index contributed by atoms with van der Waals surface area (Å²) in [4.78, 5) is 28.9. The summed E-state index contributed by atoms with van der Waals surface area (Å²) in [6.45, 7) is 4.31. The van der Waals surface area contributed by atoms with E-state index in [4.69, 9.17) is 4.84 Å². The molecule has 2 aromatic rings. The monoisotopic (exact) mass is 385 g/mol. The van der Waals surface area contributed by atoms with E-state index >= 15 is 0 Å². The number of amides is 1. The van der Waals surface area contributed by atoms with Gasteiger partial charge in [-0.05, 0) is 28.3 Å². The number of hydrogen-bond acceptors (Lipinski definition) is 3. The third-order valence-corrected chi connectivity index (χ3v) is 9.98. The standard InChI is InChI=1S/C22H31NO3Si/c1-22(2,18-12-11-17-21(24)23(3)26-4)27(25,19-13-7-5-8-14-19)20-15-9-6-10-16-20/h5-10,13-16,25H,11-12,17-18H2,1-4H3. The number of carbonyl (C=O) groups is 1. The summed E-state index contributed by atoms with van der Waals surface area (Å²) in [5.74, 6) is -0.0195. The van der Waals surface area contributed by atoms with Crippen molar-refractivity contribution in [2.24, 2.45) is 0 Å². The average Bonchev–Trinajstić information content (AvgIpc) is 2.70. The lowest BCUT2D eigenvalue weighted by Gasteiger charge is -2.41. The predicted octanol–water partition coefficient (Wildman–Crippen LogP) is 3.10. The van der Waals surface area contributed by atoms with E-state index < -0.39 is 8.32 Å². The molecule has 0 aromatic heterocycles. The summed E-state index contributed by atoms with van der Waals surface area (Å²) in [5, 5.41) is 3.04. The third-order valence-electron chi connectivity index (χ3n) is 5.43. The minimum Gasteiger partial charge on any atom is -0.424 e. The van der Waals surface area contributed by atoms with Gasteiger partial charge < -0.3 is 4.80 Å². The number of nitrogens with zero attached hydrogens (tertiary/aromatic N) is 1. The summed E-state index contributed by atoms with van der Waals surface area (Å²) in [5.41, 5.74) is 0. The van der Waals surface area contributed by atoms with E-state index in [1.807, 2.05) is 60.7 Å². The maximum Gasteiger partial charge on any atom is 0.258 e. The Kier molecular flexibility index (Phi) is 7.36. The molecule has 0 heterocycles. The fourth-order valence-electron chi connectivity index (χ4n) is 3.59. The van der Waals surface area contributed by atoms with Crippen molar-refractivity contribution >= 4 is 24.6 Å². The summed E-state index contributed by atoms with van der Waals surface area (Å²) < 4.78 is 0. The first-order valence-electron chi connectivity index (χ1n) is 9.47. The molecule has 4 nitrogen and oxygen atoms in total. The van der Waals surface area contributed by atoms with Gasteiger partial charge in [-0.15, -0.1) is 0 Å². The molecule has 2 aromatic carbocycles. The van der Waals surface area contributed by atoms with Crippen molar-refractivity contribution in [2.75, 3.05) is 14.2 Å². The molecule has 0 bridgehead atoms. The molecule has 0 atom stereocenters. The lowest BCUT2D eigenvalue weighted by atomic mass is 10.0. The Labute approximate surface area is 163 Å². The Morgan fingerprint density at radius 3 is 1.93 bits per heavy atom. The topological polar surface area (TPSA) is 49.8 Å². The molecule has 0 radical (unpaired) electrons. The highest BCUT2D eigenvalue weighted by molar-refractivity contribution is 6.98. The maximum atomic E-state index is 12.1. The van der Waals surface area contributed by atoms with Crippen LogP contribution >= 0.6 is 0 Å². The van der Waals surface area contributed by atoms with Crippen molar-refractivity contribution in [1.29, 1.82) is 0 Å². The molecule has 0 fully saturated rings. The van der Waals surface area contributed by atoms with E-state index in [9.17, 15) is 9.59 Å². The van der Waals surface area contributed by atoms with Crippen LogP contribution in [-0.2, 0) is 9.63 Å². The molecular weight excluding hydrogens is 354 g/mol. The van der Waals surface area contributed by atoms with Crippen molar-refractivity contribution in [3.63, 3.8) is 0 Å². The van der Waals surface area contributed by atoms with Crippen LogP contribution in [0.3, 0.4) is 0 Å². The first-order chi connectivity index (χ1) is 12.8. The zero-order chi connectivity index (χ0) is 19.9. The molecule has 0 aliphatic carbocycles. The van der Waals surface area contributed by atoms with Crippen LogP contribution in [-0.4, -0.2) is 38.2 Å². The van der Waals surface area contributed by atoms with Crippen molar-refractivity contribution in [3.05, 3.63) is 60.7 Å². The first kappa shape index (κ1) is 21.3. The largest absolute Gasteiger partial charge is 0.424 e. The van der Waals surface area contributed by atoms with Gasteiger partial charge in [-0.2, -0.15) is 0 Å². The lowest BCUT2D eigenvalue weighted by Crippen LogP contribution is -2.65. The second-order valence-electron chi connectivity index (χ2n) is 7.61. The van der Waals surface area contributed by atoms with E-state index in [-0.39, 0.29) is 10.9 Å². The molecule has 0 spiro atoms. The van der Waals surface area contributed by atoms with E-state index in [1.54, 1.807) is 7.05 Å². The molecule has 5 heteroatoms. The highest BCUT2D eigenvalue weighted by atomic mass is 28.4. The van der Waals surface area contributed by atoms with Gasteiger partial charge in [0, 0.05) is 13.5 Å². The molecule has 0 unspecified atom stereocenters. The van der Waals surface area contributed by atoms with Gasteiger partial charge in [0.2, 0.25) is 5.91 Å². The number of carbonyl (C=O) groups excluding carboxylic acids is 1. The molecule has 146 valence electrons. The maximum absolute atomic E-state index is 12.1. The van der Waals surface area contributed by atoms with E-state index in [0.29, 0.717) is 6.42 Å². The number of rotatable bonds is 9. The predicted molar refractivity (Wildman–Crippen MR) is 112 cm³/mol. The number of benzene rings is 2. The second kappa shape index (κ2) is 9.31. The van der Waals surface area contributed by atoms with Gasteiger partial charge in [0.15, 0.2) is 0 Å². The summed E-state index contributed by atoms with van der Waals surface area (Å²) in [6.07, 6.45) is 2.97. The van der Waals surface area contributed by atoms with Crippen LogP contribution in [0.5, 0.6) is 0 Å². The van der Waals surface area contributed by atoms with Crippen LogP contribution in [0.2, 0.25) is 5.04 Å². The van der Waals surface area contributed by atoms with Crippen LogP contribution in [0, 0.1) is 0 Å². The molecule has 1 N–H and O–H groups in total. The fourth-order valence-corrected chi connectivity index (χ4v) is 7.37. The summed E-state index contributed by atoms with van der Waals surface area (Å²) in [7, 11) is 0.165. The number of unbranched alkanes of at least 4 members (excludes halogenated alkanes) is 1. The smallest absolute Gasteiger partial charge is 0.258 e. The SMILES string of the molecule is CON(C)C(=O)CCCCC(C)(C)[Si](O)(c1ccccc1)c1ccccc1. The average molecular weight is 386 g/mol. The number of hydrogen-bond donors (Lipinski definition) is 1. The molecule has 0 aliphatic heterocycles. The van der Waals surface area contributed by atoms with Gasteiger partial charge in [-0.3, -0.25) is 9.63 Å². The normalized spacial score (nSPS) is 12.0. The molecule has 27 heavy (non-hydrogen) atoms. The van der Waals surface area contributed by atoms with Gasteiger partial charge in [0.05, 0.1) is 7.11 Å². The van der Waals surface area contributed by atoms with Crippen LogP contribution in [0.1, 0.15) is 39.5 Å². The van der Waals surface area contributed by atoms with E-state index in [1.165, 1.54) is 12.2 Å². The summed E-state index contributed by atoms with van der Waals surface area (Å²) >= 11 is 0. The van der Waals surface area contributed by atoms with Crippen LogP contribution in [0.25, 0.3) is 0 Å². The highest BCUT2D eigenvalue weighted by Crippen LogP contribution is 2.40. The van der Waals surface area contributed by atoms with Crippen molar-refractivity contribution in [1.82, 2.24) is 5.06 Å². The minimum atomic E-state index is -2.96. The van der Waals surface area contributed by atoms with Gasteiger partial charge in [0.1, 0.15) is 0 Å². The zero-order valence-corrected chi connectivity index (χ0v) is 17.8. The molecule has 2 rings (SSSR count). The second-order valence-corrected chi connectivity index (χ2v) is 11.5. The van der Waals surface area contributed by atoms with E-state index in [2.05, 4.69) is 13.8 Å². The van der Waals surface area contributed by atoms with E-state index in [0.717, 1.165) is 29.6 Å². The molecular formula is C22H31NO3Si. The van der Waals surface area contributed by atoms with Crippen LogP contribution in [0.15, 0.2) is 60.7 Å². The number of hydroxylamine groups is 2. The minimum absolute atomic E-state index is 0.0195. The fraction of sp³-hybridized carbons (Fsp3) is 0.409. The molecule has 0 saturated heterocycles. The molecule has 0 saturated carbocycles. The Hall–Kier alpha value is -1.95. The van der Waals surface area contributed by atoms with Gasteiger partial charge in [-0.25, -0.2) is 5.06 Å². The lowest BCUT2D eigenvalue weighted by molar-refractivity contribution is -0.168. The molecule has 1 amide bonds. The molecule has 0 aliphatic rings. The Balaban J connectivity index is 2.18. The van der Waals surface area contributed by atoms with Gasteiger partial charge in [-0.1, -0.05) is 80.9 Å². The Bertz CT molecular complexity index is 679. The van der Waals surface area contributed by atoms with Gasteiger partial charge in [0.25, 0.3) is 8.32 Å². The van der Waals surface area contributed by atoms with Gasteiger partial charge >= 0.3 is 0 Å². The van der Waals surface area contributed by atoms with Crippen LogP contribution in [0.4, 0.5) is 0 Å². The highest BCUT2D eigenvalue weighted by Gasteiger charge is 2.49. The Morgan fingerprint density at radius 1 is 1.00 bits per heavy atom. The van der Waals surface area contributed by atoms with Crippen molar-refractivity contribution < 1.29 is 14.4 Å². The third kappa shape index (κ3) is 4.86. The summed E-state index contributed by atoms with van der Waals surface area (Å²) in [6, 6.07) is 20.1. The van der Waals surface area contributed by atoms with Crippen molar-refractivity contribution in [3.8, 4) is 0 Å². The first-order valence-corrected chi connectivity index (χ1v) is 11.4. The van der Waals surface area contributed by atoms with Crippen molar-refractivity contribution in [2.45, 2.75) is 44.6 Å². The van der Waals surface area contributed by atoms with Crippen LogP contribution < -0.4 is 10.4 Å². The zero-order valence-electron chi connectivity index (χ0n) is 16.8.